The molecular formula is C20H20ClFN6O5. The van der Waals surface area contributed by atoms with Gasteiger partial charge < -0.3 is 21.1 Å². The van der Waals surface area contributed by atoms with E-state index in [0.717, 1.165) is 6.20 Å². The SMILES string of the molecule is NC(=O)[C@H]1[C@@H]2C[C@@H]([C@H]1Nc1nc(Cl)ncc1F)[C@H](NC(=O)OCc1cccc([N+](=O)[O-])c1)C2. The maximum Gasteiger partial charge on any atom is 0.407 e. The number of aromatic nitrogens is 2. The van der Waals surface area contributed by atoms with Gasteiger partial charge in [-0.1, -0.05) is 12.1 Å². The normalized spacial score (nSPS) is 25.5. The van der Waals surface area contributed by atoms with Crippen LogP contribution < -0.4 is 16.4 Å². The zero-order valence-corrected chi connectivity index (χ0v) is 17.9. The van der Waals surface area contributed by atoms with E-state index in [-0.39, 0.29) is 41.3 Å². The van der Waals surface area contributed by atoms with E-state index >= 15 is 0 Å². The first-order valence-corrected chi connectivity index (χ1v) is 10.5. The lowest BCUT2D eigenvalue weighted by atomic mass is 9.81. The van der Waals surface area contributed by atoms with Gasteiger partial charge in [-0.2, -0.15) is 4.98 Å². The van der Waals surface area contributed by atoms with Crippen molar-refractivity contribution in [2.75, 3.05) is 5.32 Å². The Morgan fingerprint density at radius 2 is 2.15 bits per heavy atom. The second-order valence-corrected chi connectivity index (χ2v) is 8.42. The molecule has 0 unspecified atom stereocenters. The first-order chi connectivity index (χ1) is 15.7. The summed E-state index contributed by atoms with van der Waals surface area (Å²) in [6.45, 7) is -0.148. The number of amides is 2. The molecule has 2 aliphatic rings. The summed E-state index contributed by atoms with van der Waals surface area (Å²) in [6.07, 6.45) is 1.33. The molecule has 2 aliphatic carbocycles. The predicted octanol–water partition coefficient (Wildman–Crippen LogP) is 2.39. The number of halogens is 2. The number of primary amides is 1. The van der Waals surface area contributed by atoms with Gasteiger partial charge in [0.05, 0.1) is 17.0 Å². The molecule has 5 atom stereocenters. The summed E-state index contributed by atoms with van der Waals surface area (Å²) < 4.78 is 19.4. The van der Waals surface area contributed by atoms with Gasteiger partial charge in [-0.25, -0.2) is 14.2 Å². The Balaban J connectivity index is 1.41. The smallest absolute Gasteiger partial charge is 0.407 e. The number of fused-ring (bicyclic) bond motifs is 2. The summed E-state index contributed by atoms with van der Waals surface area (Å²) in [4.78, 5) is 42.2. The molecule has 2 saturated carbocycles. The second kappa shape index (κ2) is 9.14. The van der Waals surface area contributed by atoms with Crippen molar-refractivity contribution >= 4 is 35.1 Å². The number of alkyl carbamates (subject to hydrolysis) is 1. The summed E-state index contributed by atoms with van der Waals surface area (Å²) in [7, 11) is 0. The van der Waals surface area contributed by atoms with Crippen LogP contribution >= 0.6 is 11.6 Å². The van der Waals surface area contributed by atoms with E-state index in [2.05, 4.69) is 20.6 Å². The van der Waals surface area contributed by atoms with Crippen molar-refractivity contribution in [2.45, 2.75) is 31.5 Å². The highest BCUT2D eigenvalue weighted by Gasteiger charge is 2.55. The van der Waals surface area contributed by atoms with Gasteiger partial charge >= 0.3 is 6.09 Å². The number of ether oxygens (including phenoxy) is 1. The molecule has 2 bridgehead atoms. The van der Waals surface area contributed by atoms with E-state index in [4.69, 9.17) is 22.1 Å². The summed E-state index contributed by atoms with van der Waals surface area (Å²) in [5, 5.41) is 16.4. The molecular weight excluding hydrogens is 459 g/mol. The van der Waals surface area contributed by atoms with E-state index in [1.54, 1.807) is 6.07 Å². The summed E-state index contributed by atoms with van der Waals surface area (Å²) in [6, 6.07) is 4.86. The zero-order valence-electron chi connectivity index (χ0n) is 17.1. The van der Waals surface area contributed by atoms with Crippen LogP contribution in [0, 0.1) is 33.7 Å². The van der Waals surface area contributed by atoms with Crippen LogP contribution in [0.5, 0.6) is 0 Å². The van der Waals surface area contributed by atoms with Gasteiger partial charge in [0.1, 0.15) is 6.61 Å². The Kier molecular flexibility index (Phi) is 6.27. The van der Waals surface area contributed by atoms with Crippen LogP contribution in [0.15, 0.2) is 30.5 Å². The van der Waals surface area contributed by atoms with E-state index in [1.807, 2.05) is 0 Å². The fourth-order valence-electron chi connectivity index (χ4n) is 4.84. The maximum atomic E-state index is 14.1. The summed E-state index contributed by atoms with van der Waals surface area (Å²) in [5.41, 5.74) is 5.96. The molecule has 2 aromatic rings. The number of nitrogens with two attached hydrogens (primary N) is 1. The molecule has 4 N–H and O–H groups in total. The molecule has 0 aliphatic heterocycles. The van der Waals surface area contributed by atoms with Crippen LogP contribution in [0.3, 0.4) is 0 Å². The number of nitrogens with zero attached hydrogens (tertiary/aromatic N) is 3. The molecule has 2 fully saturated rings. The van der Waals surface area contributed by atoms with Gasteiger partial charge in [0, 0.05) is 30.1 Å². The highest BCUT2D eigenvalue weighted by Crippen LogP contribution is 2.49. The van der Waals surface area contributed by atoms with E-state index in [1.165, 1.54) is 18.2 Å². The Morgan fingerprint density at radius 1 is 1.36 bits per heavy atom. The lowest BCUT2D eigenvalue weighted by molar-refractivity contribution is -0.384. The third-order valence-electron chi connectivity index (χ3n) is 6.15. The minimum absolute atomic E-state index is 0.104. The van der Waals surface area contributed by atoms with E-state index in [9.17, 15) is 24.1 Å². The van der Waals surface area contributed by atoms with Crippen molar-refractivity contribution < 1.29 is 23.6 Å². The molecule has 0 spiro atoms. The number of hydrogen-bond acceptors (Lipinski definition) is 8. The van der Waals surface area contributed by atoms with Crippen molar-refractivity contribution in [2.24, 2.45) is 23.5 Å². The molecule has 11 nitrogen and oxygen atoms in total. The number of carbonyl (C=O) groups excluding carboxylic acids is 2. The van der Waals surface area contributed by atoms with E-state index in [0.29, 0.717) is 18.4 Å². The van der Waals surface area contributed by atoms with Crippen molar-refractivity contribution in [3.8, 4) is 0 Å². The highest BCUT2D eigenvalue weighted by atomic mass is 35.5. The van der Waals surface area contributed by atoms with Crippen LogP contribution in [0.2, 0.25) is 5.28 Å². The lowest BCUT2D eigenvalue weighted by Gasteiger charge is -2.35. The van der Waals surface area contributed by atoms with Crippen molar-refractivity contribution in [3.05, 3.63) is 57.2 Å². The third-order valence-corrected chi connectivity index (χ3v) is 6.33. The largest absolute Gasteiger partial charge is 0.445 e. The predicted molar refractivity (Wildman–Crippen MR) is 114 cm³/mol. The Hall–Kier alpha value is -3.54. The molecule has 0 radical (unpaired) electrons. The summed E-state index contributed by atoms with van der Waals surface area (Å²) in [5.74, 6) is -2.30. The number of benzene rings is 1. The van der Waals surface area contributed by atoms with Gasteiger partial charge in [0.2, 0.25) is 11.2 Å². The first-order valence-electron chi connectivity index (χ1n) is 10.1. The summed E-state index contributed by atoms with van der Waals surface area (Å²) >= 11 is 5.76. The number of nitro benzene ring substituents is 1. The minimum Gasteiger partial charge on any atom is -0.445 e. The average Bonchev–Trinajstić information content (AvgIpc) is 3.33. The standard InChI is InChI=1S/C20H20ClFN6O5/c21-19-24-7-13(22)18(27-19)26-16-12-5-10(15(16)17(23)29)6-14(12)25-20(30)33-8-9-2-1-3-11(4-9)28(31)32/h1-4,7,10,12,14-16H,5-6,8H2,(H2,23,29)(H,25,30)(H,24,26,27)/t10-,12-,14-,15+,16-/m1/s1. The number of hydrogen-bond donors (Lipinski definition) is 3. The van der Waals surface area contributed by atoms with E-state index < -0.39 is 34.7 Å². The Morgan fingerprint density at radius 3 is 2.88 bits per heavy atom. The van der Waals surface area contributed by atoms with Gasteiger partial charge in [-0.05, 0) is 35.9 Å². The number of nitro groups is 1. The van der Waals surface area contributed by atoms with Crippen molar-refractivity contribution in [1.29, 1.82) is 0 Å². The topological polar surface area (TPSA) is 162 Å². The van der Waals surface area contributed by atoms with Crippen LogP contribution in [0.4, 0.5) is 20.7 Å². The molecule has 1 aromatic heterocycles. The number of carbonyl (C=O) groups is 2. The first kappa shape index (κ1) is 22.6. The number of anilines is 1. The second-order valence-electron chi connectivity index (χ2n) is 8.08. The van der Waals surface area contributed by atoms with Crippen LogP contribution in [-0.2, 0) is 16.1 Å². The van der Waals surface area contributed by atoms with Gasteiger partial charge in [-0.15, -0.1) is 0 Å². The van der Waals surface area contributed by atoms with Gasteiger partial charge in [-0.3, -0.25) is 14.9 Å². The molecule has 1 aromatic carbocycles. The lowest BCUT2D eigenvalue weighted by Crippen LogP contribution is -2.51. The molecule has 33 heavy (non-hydrogen) atoms. The highest BCUT2D eigenvalue weighted by molar-refractivity contribution is 6.28. The fourth-order valence-corrected chi connectivity index (χ4v) is 4.97. The van der Waals surface area contributed by atoms with Crippen molar-refractivity contribution in [3.63, 3.8) is 0 Å². The van der Waals surface area contributed by atoms with Gasteiger partial charge in [0.15, 0.2) is 11.6 Å². The van der Waals surface area contributed by atoms with Crippen LogP contribution in [0.25, 0.3) is 0 Å². The van der Waals surface area contributed by atoms with Crippen LogP contribution in [0.1, 0.15) is 18.4 Å². The third kappa shape index (κ3) is 4.80. The number of rotatable bonds is 7. The monoisotopic (exact) mass is 478 g/mol. The average molecular weight is 479 g/mol. The molecule has 1 heterocycles. The molecule has 4 rings (SSSR count). The quantitative estimate of drug-likeness (QED) is 0.310. The molecule has 0 saturated heterocycles. The molecule has 2 amide bonds. The minimum atomic E-state index is -0.730. The molecule has 174 valence electrons. The number of nitrogens with one attached hydrogen (secondary N) is 2. The van der Waals surface area contributed by atoms with Crippen LogP contribution in [-0.4, -0.2) is 39.0 Å². The molecule has 13 heteroatoms. The maximum absolute atomic E-state index is 14.1. The Labute approximate surface area is 192 Å². The fraction of sp³-hybridized carbons (Fsp3) is 0.400. The zero-order chi connectivity index (χ0) is 23.7. The number of non-ortho nitro benzene ring substituents is 1. The van der Waals surface area contributed by atoms with Crippen molar-refractivity contribution in [1.82, 2.24) is 15.3 Å². The van der Waals surface area contributed by atoms with Gasteiger partial charge in [0.25, 0.3) is 5.69 Å². The Bertz CT molecular complexity index is 1100.